The predicted octanol–water partition coefficient (Wildman–Crippen LogP) is 3.26. The molecule has 0 aliphatic carbocycles. The molecule has 2 rings (SSSR count). The molecule has 0 aliphatic rings. The fourth-order valence-corrected chi connectivity index (χ4v) is 1.95. The molecule has 0 bridgehead atoms. The largest absolute Gasteiger partial charge is 0.506 e. The molecular weight excluding hydrogens is 263 g/mol. The van der Waals surface area contributed by atoms with Crippen LogP contribution >= 0.6 is 0 Å². The lowest BCUT2D eigenvalue weighted by molar-refractivity contribution is 0.0969. The van der Waals surface area contributed by atoms with Crippen molar-refractivity contribution in [2.45, 2.75) is 26.7 Å². The fourth-order valence-electron chi connectivity index (χ4n) is 1.95. The summed E-state index contributed by atoms with van der Waals surface area (Å²) in [5, 5.41) is 10.1. The summed E-state index contributed by atoms with van der Waals surface area (Å²) in [7, 11) is 0. The topological polar surface area (TPSA) is 67.5 Å². The van der Waals surface area contributed by atoms with Gasteiger partial charge in [-0.2, -0.15) is 0 Å². The lowest BCUT2D eigenvalue weighted by Crippen LogP contribution is -2.15. The van der Waals surface area contributed by atoms with Crippen LogP contribution in [0.3, 0.4) is 0 Å². The summed E-state index contributed by atoms with van der Waals surface area (Å²) in [5.41, 5.74) is -1.24. The van der Waals surface area contributed by atoms with Crippen molar-refractivity contribution in [3.05, 3.63) is 40.0 Å². The Morgan fingerprint density at radius 1 is 1.40 bits per heavy atom. The van der Waals surface area contributed by atoms with Crippen molar-refractivity contribution in [2.75, 3.05) is 0 Å². The van der Waals surface area contributed by atoms with E-state index in [4.69, 9.17) is 4.42 Å². The van der Waals surface area contributed by atoms with E-state index in [1.807, 2.05) is 13.8 Å². The number of hydrogen-bond donors (Lipinski definition) is 1. The van der Waals surface area contributed by atoms with Crippen LogP contribution in [0.5, 0.6) is 5.75 Å². The molecule has 1 N–H and O–H groups in total. The molecule has 0 unspecified atom stereocenters. The number of fused-ring (bicyclic) bond motifs is 1. The summed E-state index contributed by atoms with van der Waals surface area (Å²) in [4.78, 5) is 23.8. The second-order valence-corrected chi connectivity index (χ2v) is 5.11. The molecular formula is C15H15FO4. The van der Waals surface area contributed by atoms with E-state index in [0.717, 1.165) is 12.1 Å². The Hall–Kier alpha value is -2.17. The van der Waals surface area contributed by atoms with Crippen LogP contribution in [0.1, 0.15) is 37.0 Å². The van der Waals surface area contributed by atoms with Gasteiger partial charge < -0.3 is 9.52 Å². The molecule has 0 spiro atoms. The zero-order valence-electron chi connectivity index (χ0n) is 11.3. The van der Waals surface area contributed by atoms with E-state index in [0.29, 0.717) is 12.3 Å². The fraction of sp³-hybridized carbons (Fsp3) is 0.333. The Kier molecular flexibility index (Phi) is 3.88. The Balaban J connectivity index is 2.53. The first-order chi connectivity index (χ1) is 9.40. The molecule has 1 heterocycles. The van der Waals surface area contributed by atoms with E-state index in [9.17, 15) is 19.1 Å². The van der Waals surface area contributed by atoms with Crippen LogP contribution in [0.25, 0.3) is 11.0 Å². The summed E-state index contributed by atoms with van der Waals surface area (Å²) in [6.45, 7) is 3.90. The molecule has 4 nitrogen and oxygen atoms in total. The summed E-state index contributed by atoms with van der Waals surface area (Å²) in [5.74, 6) is -1.28. The Morgan fingerprint density at radius 3 is 2.75 bits per heavy atom. The number of aromatic hydroxyl groups is 1. The van der Waals surface area contributed by atoms with Crippen LogP contribution in [0, 0.1) is 11.7 Å². The average Bonchev–Trinajstić information content (AvgIpc) is 2.37. The molecule has 20 heavy (non-hydrogen) atoms. The number of halogens is 1. The zero-order valence-corrected chi connectivity index (χ0v) is 11.3. The number of hydrogen-bond acceptors (Lipinski definition) is 4. The van der Waals surface area contributed by atoms with Crippen molar-refractivity contribution >= 4 is 16.8 Å². The monoisotopic (exact) mass is 278 g/mol. The lowest BCUT2D eigenvalue weighted by atomic mass is 10.0. The Morgan fingerprint density at radius 2 is 2.10 bits per heavy atom. The standard InChI is InChI=1S/C15H15FO4/c1-8(2)3-5-11(17)13-14(18)10-7-9(16)4-6-12(10)20-15(13)19/h4,6-8,18H,3,5H2,1-2H3. The molecule has 0 fully saturated rings. The van der Waals surface area contributed by atoms with Crippen molar-refractivity contribution in [1.29, 1.82) is 0 Å². The summed E-state index contributed by atoms with van der Waals surface area (Å²) < 4.78 is 18.1. The van der Waals surface area contributed by atoms with Gasteiger partial charge in [0.25, 0.3) is 0 Å². The molecule has 0 saturated carbocycles. The van der Waals surface area contributed by atoms with Gasteiger partial charge in [-0.1, -0.05) is 13.8 Å². The van der Waals surface area contributed by atoms with Crippen LogP contribution in [0.15, 0.2) is 27.4 Å². The first-order valence-corrected chi connectivity index (χ1v) is 6.38. The van der Waals surface area contributed by atoms with Gasteiger partial charge in [0.05, 0.1) is 5.39 Å². The second-order valence-electron chi connectivity index (χ2n) is 5.11. The number of Topliss-reactive ketones (excluding diaryl/α,β-unsaturated/α-hetero) is 1. The minimum Gasteiger partial charge on any atom is -0.506 e. The molecule has 1 aromatic carbocycles. The molecule has 0 radical (unpaired) electrons. The van der Waals surface area contributed by atoms with Crippen molar-refractivity contribution in [2.24, 2.45) is 5.92 Å². The maximum atomic E-state index is 13.2. The SMILES string of the molecule is CC(C)CCC(=O)c1c(O)c2cc(F)ccc2oc1=O. The Labute approximate surface area is 114 Å². The third kappa shape index (κ3) is 2.71. The number of ketones is 1. The van der Waals surface area contributed by atoms with Gasteiger partial charge in [0.15, 0.2) is 5.78 Å². The number of benzene rings is 1. The highest BCUT2D eigenvalue weighted by Crippen LogP contribution is 2.28. The van der Waals surface area contributed by atoms with Gasteiger partial charge in [-0.25, -0.2) is 9.18 Å². The minimum atomic E-state index is -0.893. The summed E-state index contributed by atoms with van der Waals surface area (Å²) >= 11 is 0. The predicted molar refractivity (Wildman–Crippen MR) is 72.5 cm³/mol. The summed E-state index contributed by atoms with van der Waals surface area (Å²) in [6, 6.07) is 3.39. The minimum absolute atomic E-state index is 0.0255. The van der Waals surface area contributed by atoms with Gasteiger partial charge in [0.1, 0.15) is 22.7 Å². The number of carbonyl (C=O) groups is 1. The number of rotatable bonds is 4. The van der Waals surface area contributed by atoms with Crippen molar-refractivity contribution in [3.8, 4) is 5.75 Å². The van der Waals surface area contributed by atoms with E-state index in [-0.39, 0.29) is 17.4 Å². The van der Waals surface area contributed by atoms with Crippen LogP contribution in [0.2, 0.25) is 0 Å². The van der Waals surface area contributed by atoms with Crippen molar-refractivity contribution in [3.63, 3.8) is 0 Å². The van der Waals surface area contributed by atoms with Crippen LogP contribution in [-0.2, 0) is 0 Å². The van der Waals surface area contributed by atoms with E-state index in [2.05, 4.69) is 0 Å². The molecule has 2 aromatic rings. The Bertz CT molecular complexity index is 716. The van der Waals surface area contributed by atoms with E-state index < -0.39 is 28.5 Å². The molecule has 106 valence electrons. The van der Waals surface area contributed by atoms with Gasteiger partial charge in [-0.15, -0.1) is 0 Å². The highest BCUT2D eigenvalue weighted by molar-refractivity contribution is 6.02. The molecule has 1 aromatic heterocycles. The van der Waals surface area contributed by atoms with Gasteiger partial charge in [0, 0.05) is 6.42 Å². The van der Waals surface area contributed by atoms with E-state index in [1.165, 1.54) is 6.07 Å². The zero-order chi connectivity index (χ0) is 14.9. The maximum Gasteiger partial charge on any atom is 0.351 e. The first kappa shape index (κ1) is 14.2. The first-order valence-electron chi connectivity index (χ1n) is 6.38. The van der Waals surface area contributed by atoms with Crippen LogP contribution in [0.4, 0.5) is 4.39 Å². The van der Waals surface area contributed by atoms with E-state index in [1.54, 1.807) is 0 Å². The van der Waals surface area contributed by atoms with Gasteiger partial charge in [0.2, 0.25) is 0 Å². The van der Waals surface area contributed by atoms with E-state index >= 15 is 0 Å². The van der Waals surface area contributed by atoms with Gasteiger partial charge in [-0.3, -0.25) is 4.79 Å². The van der Waals surface area contributed by atoms with Crippen molar-refractivity contribution in [1.82, 2.24) is 0 Å². The highest BCUT2D eigenvalue weighted by Gasteiger charge is 2.21. The van der Waals surface area contributed by atoms with Gasteiger partial charge >= 0.3 is 5.63 Å². The smallest absolute Gasteiger partial charge is 0.351 e. The lowest BCUT2D eigenvalue weighted by Gasteiger charge is -2.07. The second kappa shape index (κ2) is 5.45. The molecule has 0 aliphatic heterocycles. The number of carbonyl (C=O) groups excluding carboxylic acids is 1. The highest BCUT2D eigenvalue weighted by atomic mass is 19.1. The summed E-state index contributed by atoms with van der Waals surface area (Å²) in [6.07, 6.45) is 0.732. The molecule has 0 atom stereocenters. The maximum absolute atomic E-state index is 13.2. The molecule has 5 heteroatoms. The third-order valence-electron chi connectivity index (χ3n) is 3.07. The molecule has 0 saturated heterocycles. The van der Waals surface area contributed by atoms with Crippen molar-refractivity contribution < 1.29 is 18.7 Å². The van der Waals surface area contributed by atoms with Crippen LogP contribution < -0.4 is 5.63 Å². The average molecular weight is 278 g/mol. The molecule has 0 amide bonds. The third-order valence-corrected chi connectivity index (χ3v) is 3.07. The van der Waals surface area contributed by atoms with Gasteiger partial charge in [-0.05, 0) is 30.5 Å². The normalized spacial score (nSPS) is 11.2. The van der Waals surface area contributed by atoms with Crippen LogP contribution in [-0.4, -0.2) is 10.9 Å². The quantitative estimate of drug-likeness (QED) is 0.688.